The van der Waals surface area contributed by atoms with Gasteiger partial charge in [0.25, 0.3) is 11.5 Å². The number of rotatable bonds is 4. The lowest BCUT2D eigenvalue weighted by Gasteiger charge is -2.38. The lowest BCUT2D eigenvalue weighted by atomic mass is 10.0. The molecule has 2 amide bonds. The molecule has 0 saturated carbocycles. The van der Waals surface area contributed by atoms with Gasteiger partial charge in [-0.2, -0.15) is 5.10 Å². The van der Waals surface area contributed by atoms with Crippen LogP contribution in [-0.2, 0) is 11.2 Å². The summed E-state index contributed by atoms with van der Waals surface area (Å²) in [6.07, 6.45) is 1.18. The van der Waals surface area contributed by atoms with Gasteiger partial charge in [0, 0.05) is 38.0 Å². The van der Waals surface area contributed by atoms with Crippen molar-refractivity contribution in [2.45, 2.75) is 18.9 Å². The fraction of sp³-hybridized carbons (Fsp3) is 0.333. The van der Waals surface area contributed by atoms with Crippen molar-refractivity contribution in [1.29, 1.82) is 0 Å². The molecule has 2 saturated heterocycles. The molecule has 0 radical (unpaired) electrons. The van der Waals surface area contributed by atoms with Gasteiger partial charge in [0.1, 0.15) is 5.82 Å². The number of nitrogens with zero attached hydrogens (tertiary/aromatic N) is 3. The van der Waals surface area contributed by atoms with Crippen molar-refractivity contribution in [3.8, 4) is 0 Å². The summed E-state index contributed by atoms with van der Waals surface area (Å²) in [4.78, 5) is 40.8. The van der Waals surface area contributed by atoms with Crippen molar-refractivity contribution in [3.05, 3.63) is 75.5 Å². The van der Waals surface area contributed by atoms with Crippen molar-refractivity contribution in [3.63, 3.8) is 0 Å². The average Bonchev–Trinajstić information content (AvgIpc) is 2.81. The molecule has 0 aliphatic carbocycles. The van der Waals surface area contributed by atoms with Crippen LogP contribution in [0, 0.1) is 5.82 Å². The van der Waals surface area contributed by atoms with Gasteiger partial charge >= 0.3 is 0 Å². The van der Waals surface area contributed by atoms with E-state index in [0.29, 0.717) is 49.2 Å². The number of H-pyrrole nitrogens is 1. The first-order valence-corrected chi connectivity index (χ1v) is 11.1. The second kappa shape index (κ2) is 8.74. The Morgan fingerprint density at radius 2 is 1.73 bits per heavy atom. The molecule has 2 aromatic carbocycles. The summed E-state index contributed by atoms with van der Waals surface area (Å²) >= 11 is 0. The van der Waals surface area contributed by atoms with Crippen LogP contribution in [0.5, 0.6) is 0 Å². The van der Waals surface area contributed by atoms with Crippen LogP contribution in [0.15, 0.2) is 47.3 Å². The summed E-state index contributed by atoms with van der Waals surface area (Å²) in [5.74, 6) is -0.898. The molecule has 1 atom stereocenters. The van der Waals surface area contributed by atoms with E-state index in [2.05, 4.69) is 15.5 Å². The van der Waals surface area contributed by atoms with Crippen LogP contribution in [0.3, 0.4) is 0 Å². The fourth-order valence-corrected chi connectivity index (χ4v) is 4.37. The Kier molecular flexibility index (Phi) is 5.63. The number of amides is 2. The zero-order valence-electron chi connectivity index (χ0n) is 18.0. The molecule has 3 heterocycles. The van der Waals surface area contributed by atoms with Crippen LogP contribution in [0.4, 0.5) is 4.39 Å². The Labute approximate surface area is 189 Å². The molecule has 2 fully saturated rings. The second-order valence-corrected chi connectivity index (χ2v) is 8.45. The Morgan fingerprint density at radius 3 is 2.42 bits per heavy atom. The number of nitrogens with one attached hydrogen (secondary N) is 2. The summed E-state index contributed by atoms with van der Waals surface area (Å²) in [7, 11) is 0. The van der Waals surface area contributed by atoms with Crippen molar-refractivity contribution in [2.75, 3.05) is 32.7 Å². The third-order valence-electron chi connectivity index (χ3n) is 6.41. The first-order valence-electron chi connectivity index (χ1n) is 11.1. The minimum atomic E-state index is -0.583. The SMILES string of the molecule is O=C(c1cc(Cc2n[nH]c(=O)c3ccccc23)ccc1F)N1CCN(C(=O)[C@H]2CCN2)CC1. The first kappa shape index (κ1) is 21.3. The van der Waals surface area contributed by atoms with Gasteiger partial charge in [-0.05, 0) is 36.7 Å². The van der Waals surface area contributed by atoms with Crippen LogP contribution in [-0.4, -0.2) is 70.6 Å². The van der Waals surface area contributed by atoms with Gasteiger partial charge in [-0.15, -0.1) is 0 Å². The fourth-order valence-electron chi connectivity index (χ4n) is 4.37. The van der Waals surface area contributed by atoms with Crippen molar-refractivity contribution in [2.24, 2.45) is 0 Å². The Morgan fingerprint density at radius 1 is 1.03 bits per heavy atom. The Hall–Kier alpha value is -3.59. The topological polar surface area (TPSA) is 98.4 Å². The van der Waals surface area contributed by atoms with Crippen LogP contribution < -0.4 is 10.9 Å². The van der Waals surface area contributed by atoms with Crippen molar-refractivity contribution in [1.82, 2.24) is 25.3 Å². The van der Waals surface area contributed by atoms with Crippen molar-refractivity contribution >= 4 is 22.6 Å². The van der Waals surface area contributed by atoms with Crippen LogP contribution in [0.2, 0.25) is 0 Å². The van der Waals surface area contributed by atoms with E-state index in [9.17, 15) is 18.8 Å². The van der Waals surface area contributed by atoms with Gasteiger partial charge < -0.3 is 15.1 Å². The number of hydrogen-bond acceptors (Lipinski definition) is 5. The van der Waals surface area contributed by atoms with E-state index >= 15 is 0 Å². The molecule has 9 heteroatoms. The standard InChI is InChI=1S/C24H24FN5O3/c25-19-6-5-15(14-21-16-3-1-2-4-17(16)22(31)28-27-21)13-18(19)23(32)29-9-11-30(12-10-29)24(33)20-7-8-26-20/h1-6,13,20,26H,7-12,14H2,(H,28,31)/t20-/m1/s1. The quantitative estimate of drug-likeness (QED) is 0.626. The van der Waals surface area contributed by atoms with E-state index in [0.717, 1.165) is 18.4 Å². The molecule has 3 aromatic rings. The van der Waals surface area contributed by atoms with Gasteiger partial charge in [-0.3, -0.25) is 14.4 Å². The molecule has 1 aromatic heterocycles. The number of aromatic amines is 1. The predicted molar refractivity (Wildman–Crippen MR) is 120 cm³/mol. The number of carbonyl (C=O) groups excluding carboxylic acids is 2. The summed E-state index contributed by atoms with van der Waals surface area (Å²) in [6, 6.07) is 11.5. The monoisotopic (exact) mass is 449 g/mol. The van der Waals surface area contributed by atoms with Crippen LogP contribution >= 0.6 is 0 Å². The summed E-state index contributed by atoms with van der Waals surface area (Å²) < 4.78 is 14.6. The highest BCUT2D eigenvalue weighted by Crippen LogP contribution is 2.20. The minimum absolute atomic E-state index is 0.00154. The predicted octanol–water partition coefficient (Wildman–Crippen LogP) is 1.30. The lowest BCUT2D eigenvalue weighted by molar-refractivity contribution is -0.136. The third kappa shape index (κ3) is 4.11. The van der Waals surface area contributed by atoms with Crippen molar-refractivity contribution < 1.29 is 14.0 Å². The van der Waals surface area contributed by atoms with E-state index in [4.69, 9.17) is 0 Å². The van der Waals surface area contributed by atoms with Crippen LogP contribution in [0.25, 0.3) is 10.8 Å². The zero-order valence-corrected chi connectivity index (χ0v) is 18.0. The number of piperazine rings is 1. The molecule has 5 rings (SSSR count). The molecule has 170 valence electrons. The smallest absolute Gasteiger partial charge is 0.272 e. The third-order valence-corrected chi connectivity index (χ3v) is 6.41. The first-order chi connectivity index (χ1) is 16.0. The maximum atomic E-state index is 14.6. The highest BCUT2D eigenvalue weighted by Gasteiger charge is 2.32. The molecule has 2 N–H and O–H groups in total. The van der Waals surface area contributed by atoms with Gasteiger partial charge in [0.2, 0.25) is 5.91 Å². The van der Waals surface area contributed by atoms with E-state index in [1.165, 1.54) is 6.07 Å². The van der Waals surface area contributed by atoms with E-state index in [1.54, 1.807) is 34.1 Å². The zero-order chi connectivity index (χ0) is 22.9. The van der Waals surface area contributed by atoms with Gasteiger partial charge in [-0.25, -0.2) is 9.49 Å². The summed E-state index contributed by atoms with van der Waals surface area (Å²) in [5.41, 5.74) is 1.10. The van der Waals surface area contributed by atoms with E-state index in [-0.39, 0.29) is 29.0 Å². The van der Waals surface area contributed by atoms with Crippen LogP contribution in [0.1, 0.15) is 28.0 Å². The summed E-state index contributed by atoms with van der Waals surface area (Å²) in [5, 5.41) is 11.0. The lowest BCUT2D eigenvalue weighted by Crippen LogP contribution is -2.59. The molecule has 2 aliphatic heterocycles. The Balaban J connectivity index is 1.32. The average molecular weight is 449 g/mol. The normalized spacial score (nSPS) is 18.3. The largest absolute Gasteiger partial charge is 0.338 e. The highest BCUT2D eigenvalue weighted by atomic mass is 19.1. The molecule has 0 spiro atoms. The van der Waals surface area contributed by atoms with E-state index < -0.39 is 5.82 Å². The maximum Gasteiger partial charge on any atom is 0.272 e. The molecular weight excluding hydrogens is 425 g/mol. The molecular formula is C24H24FN5O3. The molecule has 0 unspecified atom stereocenters. The minimum Gasteiger partial charge on any atom is -0.338 e. The number of benzene rings is 2. The summed E-state index contributed by atoms with van der Waals surface area (Å²) in [6.45, 7) is 2.48. The highest BCUT2D eigenvalue weighted by molar-refractivity contribution is 5.95. The van der Waals surface area contributed by atoms with Gasteiger partial charge in [0.15, 0.2) is 0 Å². The molecule has 8 nitrogen and oxygen atoms in total. The Bertz CT molecular complexity index is 1280. The number of aromatic nitrogens is 2. The second-order valence-electron chi connectivity index (χ2n) is 8.45. The number of hydrogen-bond donors (Lipinski definition) is 2. The maximum absolute atomic E-state index is 14.6. The molecule has 0 bridgehead atoms. The number of halogens is 1. The molecule has 2 aliphatic rings. The van der Waals surface area contributed by atoms with Gasteiger partial charge in [-0.1, -0.05) is 24.3 Å². The molecule has 33 heavy (non-hydrogen) atoms. The number of fused-ring (bicyclic) bond motifs is 1. The van der Waals surface area contributed by atoms with E-state index in [1.807, 2.05) is 12.1 Å². The number of carbonyl (C=O) groups is 2. The van der Waals surface area contributed by atoms with Gasteiger partial charge in [0.05, 0.1) is 22.7 Å².